The Morgan fingerprint density at radius 1 is 1.20 bits per heavy atom. The molecule has 0 fully saturated rings. The summed E-state index contributed by atoms with van der Waals surface area (Å²) < 4.78 is 54.8. The van der Waals surface area contributed by atoms with Crippen molar-refractivity contribution in [3.05, 3.63) is 5.25 Å². The van der Waals surface area contributed by atoms with Crippen molar-refractivity contribution in [2.75, 3.05) is 0 Å². The number of alkyl halides is 3. The SMILES string of the molecule is C[C](C)S(=O)(=O)C(F)(F)F. The first-order valence-corrected chi connectivity index (χ1v) is 3.79. The minimum atomic E-state index is -5.15. The third-order valence-electron chi connectivity index (χ3n) is 0.842. The molecule has 0 spiro atoms. The fourth-order valence-electron chi connectivity index (χ4n) is 0.231. The molecule has 0 aromatic heterocycles. The van der Waals surface area contributed by atoms with Gasteiger partial charge < -0.3 is 0 Å². The summed E-state index contributed by atoms with van der Waals surface area (Å²) in [7, 11) is -5.00. The molecule has 6 heteroatoms. The highest BCUT2D eigenvalue weighted by Crippen LogP contribution is 2.29. The van der Waals surface area contributed by atoms with Crippen LogP contribution in [-0.4, -0.2) is 13.9 Å². The molecule has 0 aliphatic heterocycles. The van der Waals surface area contributed by atoms with E-state index in [1.807, 2.05) is 0 Å². The molecule has 1 radical (unpaired) electrons. The third-order valence-corrected chi connectivity index (χ3v) is 2.53. The van der Waals surface area contributed by atoms with Gasteiger partial charge in [0.05, 0.1) is 5.25 Å². The van der Waals surface area contributed by atoms with E-state index < -0.39 is 20.6 Å². The van der Waals surface area contributed by atoms with Crippen molar-refractivity contribution in [2.45, 2.75) is 19.4 Å². The number of rotatable bonds is 1. The second kappa shape index (κ2) is 2.41. The number of hydrogen-bond donors (Lipinski definition) is 0. The van der Waals surface area contributed by atoms with Crippen LogP contribution in [0.4, 0.5) is 13.2 Å². The highest BCUT2D eigenvalue weighted by Gasteiger charge is 2.47. The first kappa shape index (κ1) is 9.74. The molecule has 0 aromatic carbocycles. The van der Waals surface area contributed by atoms with Crippen LogP contribution in [0.25, 0.3) is 0 Å². The van der Waals surface area contributed by atoms with Crippen LogP contribution in [0.5, 0.6) is 0 Å². The summed E-state index contributed by atoms with van der Waals surface area (Å²) >= 11 is 0. The zero-order valence-corrected chi connectivity index (χ0v) is 6.18. The van der Waals surface area contributed by atoms with E-state index in [2.05, 4.69) is 0 Å². The van der Waals surface area contributed by atoms with Crippen molar-refractivity contribution >= 4 is 9.84 Å². The highest BCUT2D eigenvalue weighted by atomic mass is 32.2. The van der Waals surface area contributed by atoms with Gasteiger partial charge in [-0.2, -0.15) is 13.2 Å². The van der Waals surface area contributed by atoms with Gasteiger partial charge in [-0.15, -0.1) is 0 Å². The normalized spacial score (nSPS) is 14.2. The maximum absolute atomic E-state index is 11.5. The van der Waals surface area contributed by atoms with E-state index in [0.717, 1.165) is 13.8 Å². The molecule has 2 nitrogen and oxygen atoms in total. The molecule has 0 rings (SSSR count). The molecule has 0 amide bonds. The molecule has 0 unspecified atom stereocenters. The summed E-state index contributed by atoms with van der Waals surface area (Å²) in [6.45, 7) is 1.81. The Morgan fingerprint density at radius 3 is 1.50 bits per heavy atom. The Kier molecular flexibility index (Phi) is 2.35. The highest BCUT2D eigenvalue weighted by molar-refractivity contribution is 7.95. The van der Waals surface area contributed by atoms with Gasteiger partial charge in [0, 0.05) is 0 Å². The van der Waals surface area contributed by atoms with E-state index in [0.29, 0.717) is 0 Å². The van der Waals surface area contributed by atoms with Gasteiger partial charge in [-0.25, -0.2) is 8.42 Å². The van der Waals surface area contributed by atoms with Crippen LogP contribution in [0.3, 0.4) is 0 Å². The fourth-order valence-corrected chi connectivity index (χ4v) is 0.694. The van der Waals surface area contributed by atoms with Crippen molar-refractivity contribution in [2.24, 2.45) is 0 Å². The van der Waals surface area contributed by atoms with Crippen molar-refractivity contribution in [1.29, 1.82) is 0 Å². The van der Waals surface area contributed by atoms with Crippen molar-refractivity contribution in [3.63, 3.8) is 0 Å². The van der Waals surface area contributed by atoms with Crippen LogP contribution in [0.2, 0.25) is 0 Å². The lowest BCUT2D eigenvalue weighted by Crippen LogP contribution is -2.26. The van der Waals surface area contributed by atoms with E-state index in [1.54, 1.807) is 0 Å². The van der Waals surface area contributed by atoms with Gasteiger partial charge in [-0.05, 0) is 13.8 Å². The molecule has 0 saturated carbocycles. The fraction of sp³-hybridized carbons (Fsp3) is 0.750. The van der Waals surface area contributed by atoms with Gasteiger partial charge in [-0.3, -0.25) is 0 Å². The Labute approximate surface area is 57.0 Å². The van der Waals surface area contributed by atoms with Crippen LogP contribution in [0, 0.1) is 5.25 Å². The van der Waals surface area contributed by atoms with Gasteiger partial charge in [0.25, 0.3) is 9.84 Å². The Hall–Kier alpha value is -0.260. The molecule has 0 saturated heterocycles. The predicted molar refractivity (Wildman–Crippen MR) is 29.6 cm³/mol. The quantitative estimate of drug-likeness (QED) is 0.605. The standard InChI is InChI=1S/C4H6F3O2S/c1-3(2)10(8,9)4(5,6)7/h1-2H3. The predicted octanol–water partition coefficient (Wildman–Crippen LogP) is 1.49. The monoisotopic (exact) mass is 175 g/mol. The van der Waals surface area contributed by atoms with Gasteiger partial charge in [-0.1, -0.05) is 0 Å². The maximum atomic E-state index is 11.5. The largest absolute Gasteiger partial charge is 0.497 e. The first-order valence-electron chi connectivity index (χ1n) is 2.31. The molecule has 0 aliphatic rings. The van der Waals surface area contributed by atoms with Gasteiger partial charge in [0.1, 0.15) is 0 Å². The summed E-state index contributed by atoms with van der Waals surface area (Å²) in [4.78, 5) is 0. The molecule has 0 atom stereocenters. The van der Waals surface area contributed by atoms with E-state index in [9.17, 15) is 21.6 Å². The molecule has 61 valence electrons. The second-order valence-corrected chi connectivity index (χ2v) is 4.14. The van der Waals surface area contributed by atoms with Crippen LogP contribution in [0.1, 0.15) is 13.8 Å². The molecule has 0 bridgehead atoms. The minimum Gasteiger partial charge on any atom is -0.219 e. The summed E-state index contributed by atoms with van der Waals surface area (Å²) in [6, 6.07) is 0. The van der Waals surface area contributed by atoms with Crippen LogP contribution >= 0.6 is 0 Å². The Bertz CT molecular complexity index is 201. The number of sulfone groups is 1. The summed E-state index contributed by atoms with van der Waals surface area (Å²) in [5, 5.41) is -0.639. The summed E-state index contributed by atoms with van der Waals surface area (Å²) in [6.07, 6.45) is 0. The van der Waals surface area contributed by atoms with Crippen LogP contribution in [0.15, 0.2) is 0 Å². The van der Waals surface area contributed by atoms with E-state index in [1.165, 1.54) is 0 Å². The molecule has 0 heterocycles. The zero-order chi connectivity index (χ0) is 8.58. The molecule has 0 aliphatic carbocycles. The molecular formula is C4H6F3O2S. The van der Waals surface area contributed by atoms with Crippen molar-refractivity contribution in [3.8, 4) is 0 Å². The van der Waals surface area contributed by atoms with Gasteiger partial charge >= 0.3 is 5.51 Å². The smallest absolute Gasteiger partial charge is 0.219 e. The number of hydrogen-bond acceptors (Lipinski definition) is 2. The van der Waals surface area contributed by atoms with Gasteiger partial charge in [0.2, 0.25) is 0 Å². The Morgan fingerprint density at radius 2 is 1.50 bits per heavy atom. The average Bonchev–Trinajstić information content (AvgIpc) is 1.62. The molecule has 0 aromatic rings. The van der Waals surface area contributed by atoms with Crippen molar-refractivity contribution in [1.82, 2.24) is 0 Å². The minimum absolute atomic E-state index is 0.639. The van der Waals surface area contributed by atoms with E-state index in [-0.39, 0.29) is 0 Å². The van der Waals surface area contributed by atoms with Crippen LogP contribution < -0.4 is 0 Å². The van der Waals surface area contributed by atoms with Crippen LogP contribution in [-0.2, 0) is 9.84 Å². The molecular weight excluding hydrogens is 169 g/mol. The zero-order valence-electron chi connectivity index (χ0n) is 5.36. The number of halogens is 3. The average molecular weight is 175 g/mol. The summed E-state index contributed by atoms with van der Waals surface area (Å²) in [5.41, 5.74) is -5.15. The maximum Gasteiger partial charge on any atom is 0.497 e. The Balaban J connectivity index is 4.79. The lowest BCUT2D eigenvalue weighted by atomic mass is 10.6. The second-order valence-electron chi connectivity index (χ2n) is 1.86. The lowest BCUT2D eigenvalue weighted by Gasteiger charge is -2.08. The lowest BCUT2D eigenvalue weighted by molar-refractivity contribution is -0.0432. The van der Waals surface area contributed by atoms with Crippen molar-refractivity contribution < 1.29 is 21.6 Å². The van der Waals surface area contributed by atoms with E-state index >= 15 is 0 Å². The summed E-state index contributed by atoms with van der Waals surface area (Å²) in [5.74, 6) is 0. The van der Waals surface area contributed by atoms with Gasteiger partial charge in [0.15, 0.2) is 0 Å². The topological polar surface area (TPSA) is 34.1 Å². The third kappa shape index (κ3) is 1.62. The molecule has 0 N–H and O–H groups in total. The molecule has 10 heavy (non-hydrogen) atoms. The van der Waals surface area contributed by atoms with E-state index in [4.69, 9.17) is 0 Å². The first-order chi connectivity index (χ1) is 4.19.